The van der Waals surface area contributed by atoms with Gasteiger partial charge in [-0.15, -0.1) is 0 Å². The summed E-state index contributed by atoms with van der Waals surface area (Å²) in [6.07, 6.45) is 0.987. The number of hydrogen-bond donors (Lipinski definition) is 3. The highest BCUT2D eigenvalue weighted by molar-refractivity contribution is 5.58. The SMILES string of the molecule is Cc1cc(N)c2c(c1)CC(C)C2(N)[NH3+]. The molecule has 3 heteroatoms. The molecule has 0 aromatic heterocycles. The van der Waals surface area contributed by atoms with Gasteiger partial charge in [0.1, 0.15) is 0 Å². The summed E-state index contributed by atoms with van der Waals surface area (Å²) < 4.78 is 0. The summed E-state index contributed by atoms with van der Waals surface area (Å²) in [5, 5.41) is 0. The number of rotatable bonds is 0. The number of hydrogen-bond acceptors (Lipinski definition) is 2. The largest absolute Gasteiger partial charge is 0.398 e. The summed E-state index contributed by atoms with van der Waals surface area (Å²) in [6.45, 7) is 4.18. The van der Waals surface area contributed by atoms with Crippen LogP contribution in [0.1, 0.15) is 23.6 Å². The van der Waals surface area contributed by atoms with E-state index in [1.54, 1.807) is 0 Å². The van der Waals surface area contributed by atoms with Gasteiger partial charge in [-0.3, -0.25) is 5.73 Å². The van der Waals surface area contributed by atoms with E-state index in [9.17, 15) is 0 Å². The lowest BCUT2D eigenvalue weighted by molar-refractivity contribution is -0.497. The van der Waals surface area contributed by atoms with Crippen molar-refractivity contribution < 1.29 is 5.73 Å². The van der Waals surface area contributed by atoms with Crippen molar-refractivity contribution in [3.63, 3.8) is 0 Å². The third-order valence-electron chi connectivity index (χ3n) is 3.27. The van der Waals surface area contributed by atoms with Crippen LogP contribution in [0.15, 0.2) is 12.1 Å². The van der Waals surface area contributed by atoms with Crippen molar-refractivity contribution in [3.05, 3.63) is 28.8 Å². The van der Waals surface area contributed by atoms with E-state index in [1.165, 1.54) is 11.1 Å². The van der Waals surface area contributed by atoms with Crippen LogP contribution >= 0.6 is 0 Å². The molecule has 0 spiro atoms. The molecule has 0 bridgehead atoms. The molecule has 2 atom stereocenters. The maximum absolute atomic E-state index is 6.19. The van der Waals surface area contributed by atoms with Crippen molar-refractivity contribution in [1.82, 2.24) is 0 Å². The Labute approximate surface area is 84.3 Å². The Hall–Kier alpha value is -1.06. The molecule has 3 nitrogen and oxygen atoms in total. The minimum atomic E-state index is -0.507. The van der Waals surface area contributed by atoms with Crippen molar-refractivity contribution in [2.45, 2.75) is 25.9 Å². The number of nitrogen functional groups attached to an aromatic ring is 1. The van der Waals surface area contributed by atoms with Gasteiger partial charge in [0.2, 0.25) is 0 Å². The lowest BCUT2D eigenvalue weighted by atomic mass is 9.95. The van der Waals surface area contributed by atoms with E-state index in [2.05, 4.69) is 25.6 Å². The Morgan fingerprint density at radius 2 is 2.14 bits per heavy atom. The Kier molecular flexibility index (Phi) is 1.84. The van der Waals surface area contributed by atoms with Crippen LogP contribution in [0.25, 0.3) is 0 Å². The third-order valence-corrected chi connectivity index (χ3v) is 3.27. The summed E-state index contributed by atoms with van der Waals surface area (Å²) >= 11 is 0. The lowest BCUT2D eigenvalue weighted by Gasteiger charge is -2.22. The summed E-state index contributed by atoms with van der Waals surface area (Å²) in [5.74, 6) is 0.363. The van der Waals surface area contributed by atoms with Crippen molar-refractivity contribution in [3.8, 4) is 0 Å². The summed E-state index contributed by atoms with van der Waals surface area (Å²) in [6, 6.07) is 4.14. The first-order valence-corrected chi connectivity index (χ1v) is 4.96. The van der Waals surface area contributed by atoms with E-state index >= 15 is 0 Å². The Morgan fingerprint density at radius 3 is 2.79 bits per heavy atom. The second-order valence-electron chi connectivity index (χ2n) is 4.53. The van der Waals surface area contributed by atoms with Gasteiger partial charge in [0, 0.05) is 11.6 Å². The summed E-state index contributed by atoms with van der Waals surface area (Å²) in [7, 11) is 0. The number of benzene rings is 1. The molecule has 76 valence electrons. The van der Waals surface area contributed by atoms with Gasteiger partial charge in [0.15, 0.2) is 5.66 Å². The fraction of sp³-hybridized carbons (Fsp3) is 0.455. The molecule has 0 amide bonds. The van der Waals surface area contributed by atoms with Crippen LogP contribution < -0.4 is 17.2 Å². The highest BCUT2D eigenvalue weighted by Gasteiger charge is 2.43. The number of quaternary nitrogens is 1. The van der Waals surface area contributed by atoms with Crippen LogP contribution in [0.5, 0.6) is 0 Å². The van der Waals surface area contributed by atoms with Gasteiger partial charge < -0.3 is 11.5 Å². The second kappa shape index (κ2) is 2.72. The van der Waals surface area contributed by atoms with Gasteiger partial charge in [-0.2, -0.15) is 0 Å². The molecule has 0 aliphatic heterocycles. The fourth-order valence-electron chi connectivity index (χ4n) is 2.38. The van der Waals surface area contributed by atoms with Crippen LogP contribution in [0.2, 0.25) is 0 Å². The zero-order chi connectivity index (χ0) is 10.5. The summed E-state index contributed by atoms with van der Waals surface area (Å²) in [4.78, 5) is 0. The van der Waals surface area contributed by atoms with Gasteiger partial charge in [-0.25, -0.2) is 0 Å². The van der Waals surface area contributed by atoms with E-state index in [0.717, 1.165) is 17.7 Å². The van der Waals surface area contributed by atoms with Crippen molar-refractivity contribution in [2.75, 3.05) is 5.73 Å². The fourth-order valence-corrected chi connectivity index (χ4v) is 2.38. The smallest absolute Gasteiger partial charge is 0.177 e. The molecule has 0 saturated carbocycles. The average molecular weight is 192 g/mol. The molecule has 2 unspecified atom stereocenters. The van der Waals surface area contributed by atoms with Crippen molar-refractivity contribution >= 4 is 5.69 Å². The van der Waals surface area contributed by atoms with E-state index in [1.807, 2.05) is 6.07 Å². The molecule has 1 aliphatic carbocycles. The molecular formula is C11H18N3+. The number of anilines is 1. The van der Waals surface area contributed by atoms with Crippen LogP contribution in [0, 0.1) is 12.8 Å². The van der Waals surface area contributed by atoms with Gasteiger partial charge in [0.25, 0.3) is 0 Å². The molecule has 0 radical (unpaired) electrons. The Balaban J connectivity index is 2.65. The first-order chi connectivity index (χ1) is 6.43. The molecule has 1 aromatic carbocycles. The number of fused-ring (bicyclic) bond motifs is 1. The van der Waals surface area contributed by atoms with Gasteiger partial charge in [-0.1, -0.05) is 13.0 Å². The first-order valence-electron chi connectivity index (χ1n) is 4.96. The predicted octanol–water partition coefficient (Wildman–Crippen LogP) is 0.123. The Morgan fingerprint density at radius 1 is 1.50 bits per heavy atom. The minimum Gasteiger partial charge on any atom is -0.398 e. The van der Waals surface area contributed by atoms with Gasteiger partial charge in [-0.05, 0) is 30.5 Å². The minimum absolute atomic E-state index is 0.363. The first kappa shape index (κ1) is 9.49. The molecular weight excluding hydrogens is 174 g/mol. The standard InChI is InChI=1S/C11H17N3/c1-6-3-8-5-7(2)11(13,14)10(8)9(12)4-6/h3-4,7H,5,12-14H2,1-2H3/p+1. The number of aryl methyl sites for hydroxylation is 1. The zero-order valence-corrected chi connectivity index (χ0v) is 8.80. The molecule has 1 aliphatic rings. The number of nitrogens with two attached hydrogens (primary N) is 2. The maximum atomic E-state index is 6.19. The normalized spacial score (nSPS) is 30.4. The Bertz CT molecular complexity index is 382. The van der Waals surface area contributed by atoms with Crippen LogP contribution in [-0.4, -0.2) is 0 Å². The van der Waals surface area contributed by atoms with E-state index in [-0.39, 0.29) is 0 Å². The van der Waals surface area contributed by atoms with E-state index in [0.29, 0.717) is 5.92 Å². The molecule has 0 fully saturated rings. The van der Waals surface area contributed by atoms with Crippen molar-refractivity contribution in [1.29, 1.82) is 0 Å². The molecule has 0 saturated heterocycles. The maximum Gasteiger partial charge on any atom is 0.177 e. The van der Waals surface area contributed by atoms with E-state index in [4.69, 9.17) is 11.5 Å². The highest BCUT2D eigenvalue weighted by Crippen LogP contribution is 2.38. The second-order valence-corrected chi connectivity index (χ2v) is 4.53. The van der Waals surface area contributed by atoms with Gasteiger partial charge >= 0.3 is 0 Å². The molecule has 2 rings (SSSR count). The topological polar surface area (TPSA) is 79.7 Å². The van der Waals surface area contributed by atoms with Crippen molar-refractivity contribution in [2.24, 2.45) is 11.7 Å². The lowest BCUT2D eigenvalue weighted by Crippen LogP contribution is -2.77. The van der Waals surface area contributed by atoms with E-state index < -0.39 is 5.66 Å². The highest BCUT2D eigenvalue weighted by atomic mass is 15.0. The predicted molar refractivity (Wildman–Crippen MR) is 57.2 cm³/mol. The zero-order valence-electron chi connectivity index (χ0n) is 8.80. The van der Waals surface area contributed by atoms with Gasteiger partial charge in [0.05, 0.1) is 5.56 Å². The monoisotopic (exact) mass is 192 g/mol. The third kappa shape index (κ3) is 1.13. The average Bonchev–Trinajstić information content (AvgIpc) is 2.21. The van der Waals surface area contributed by atoms with Crippen LogP contribution in [-0.2, 0) is 12.1 Å². The molecule has 1 aromatic rings. The molecule has 7 N–H and O–H groups in total. The molecule has 0 heterocycles. The van der Waals surface area contributed by atoms with Crippen LogP contribution in [0.3, 0.4) is 0 Å². The summed E-state index contributed by atoms with van der Waals surface area (Å²) in [5.41, 5.74) is 20.1. The van der Waals surface area contributed by atoms with Crippen LogP contribution in [0.4, 0.5) is 5.69 Å². The quantitative estimate of drug-likeness (QED) is 0.403. The molecule has 14 heavy (non-hydrogen) atoms.